The van der Waals surface area contributed by atoms with Crippen molar-refractivity contribution in [1.82, 2.24) is 15.2 Å². The number of pyridine rings is 1. The molecule has 0 radical (unpaired) electrons. The van der Waals surface area contributed by atoms with Crippen molar-refractivity contribution in [3.05, 3.63) is 52.7 Å². The van der Waals surface area contributed by atoms with Crippen molar-refractivity contribution in [2.75, 3.05) is 39.2 Å². The van der Waals surface area contributed by atoms with Gasteiger partial charge in [0.15, 0.2) is 11.5 Å². The van der Waals surface area contributed by atoms with E-state index in [0.717, 1.165) is 22.4 Å². The Balaban J connectivity index is 1.63. The summed E-state index contributed by atoms with van der Waals surface area (Å²) in [7, 11) is 3.49. The molecule has 30 heavy (non-hydrogen) atoms. The van der Waals surface area contributed by atoms with E-state index in [1.807, 2.05) is 42.3 Å². The van der Waals surface area contributed by atoms with E-state index in [2.05, 4.69) is 15.6 Å². The summed E-state index contributed by atoms with van der Waals surface area (Å²) in [5.41, 5.74) is 3.26. The summed E-state index contributed by atoms with van der Waals surface area (Å²) >= 11 is 0. The Kier molecular flexibility index (Phi) is 5.67. The van der Waals surface area contributed by atoms with Crippen molar-refractivity contribution in [3.63, 3.8) is 0 Å². The Morgan fingerprint density at radius 3 is 2.83 bits per heavy atom. The van der Waals surface area contributed by atoms with Crippen molar-refractivity contribution in [2.45, 2.75) is 13.0 Å². The molecule has 0 saturated heterocycles. The van der Waals surface area contributed by atoms with Crippen molar-refractivity contribution >= 4 is 23.7 Å². The lowest BCUT2D eigenvalue weighted by atomic mass is 10.0. The van der Waals surface area contributed by atoms with Gasteiger partial charge in [-0.05, 0) is 42.4 Å². The number of rotatable bonds is 4. The zero-order chi connectivity index (χ0) is 21.1. The van der Waals surface area contributed by atoms with Gasteiger partial charge in [0.05, 0.1) is 6.54 Å². The molecule has 0 spiro atoms. The number of amides is 2. The monoisotopic (exact) mass is 408 g/mol. The van der Waals surface area contributed by atoms with Gasteiger partial charge in [0, 0.05) is 37.3 Å². The minimum atomic E-state index is -0.162. The summed E-state index contributed by atoms with van der Waals surface area (Å²) in [6.45, 7) is 1.96. The molecule has 0 bridgehead atoms. The number of hydrogen-bond acceptors (Lipinski definition) is 6. The summed E-state index contributed by atoms with van der Waals surface area (Å²) in [5.74, 6) is 1.73. The molecule has 2 N–H and O–H groups in total. The number of hydrogen-bond donors (Lipinski definition) is 2. The number of anilines is 1. The third-order valence-electron chi connectivity index (χ3n) is 4.96. The third kappa shape index (κ3) is 4.44. The predicted octanol–water partition coefficient (Wildman–Crippen LogP) is 1.61. The Morgan fingerprint density at radius 2 is 2.03 bits per heavy atom. The number of carbonyl (C=O) groups excluding carboxylic acids is 2. The van der Waals surface area contributed by atoms with Crippen LogP contribution >= 0.6 is 0 Å². The zero-order valence-corrected chi connectivity index (χ0v) is 17.0. The Morgan fingerprint density at radius 1 is 1.23 bits per heavy atom. The number of aromatic nitrogens is 1. The summed E-state index contributed by atoms with van der Waals surface area (Å²) in [6, 6.07) is 7.67. The van der Waals surface area contributed by atoms with Crippen LogP contribution in [0.25, 0.3) is 6.08 Å². The highest BCUT2D eigenvalue weighted by molar-refractivity contribution is 5.98. The second-order valence-electron chi connectivity index (χ2n) is 7.40. The predicted molar refractivity (Wildman–Crippen MR) is 112 cm³/mol. The fraction of sp³-hybridized carbons (Fsp3) is 0.318. The molecular weight excluding hydrogens is 384 g/mol. The maximum atomic E-state index is 12.5. The quantitative estimate of drug-likeness (QED) is 0.747. The topological polar surface area (TPSA) is 92.8 Å². The fourth-order valence-electron chi connectivity index (χ4n) is 3.58. The average Bonchev–Trinajstić information content (AvgIpc) is 2.88. The number of nitrogens with one attached hydrogen (secondary N) is 2. The van der Waals surface area contributed by atoms with Crippen LogP contribution in [0.15, 0.2) is 36.0 Å². The van der Waals surface area contributed by atoms with Crippen LogP contribution < -0.4 is 20.1 Å². The van der Waals surface area contributed by atoms with Crippen LogP contribution in [-0.2, 0) is 22.6 Å². The van der Waals surface area contributed by atoms with E-state index in [1.54, 1.807) is 13.2 Å². The van der Waals surface area contributed by atoms with Crippen molar-refractivity contribution in [1.29, 1.82) is 0 Å². The third-order valence-corrected chi connectivity index (χ3v) is 4.96. The minimum Gasteiger partial charge on any atom is -0.486 e. The molecule has 0 aliphatic carbocycles. The molecule has 8 heteroatoms. The number of likely N-dealkylation sites (N-methyl/N-ethyl adjacent to an activating group) is 2. The fourth-order valence-corrected chi connectivity index (χ4v) is 3.58. The number of ether oxygens (including phenoxy) is 2. The largest absolute Gasteiger partial charge is 0.486 e. The summed E-state index contributed by atoms with van der Waals surface area (Å²) < 4.78 is 11.2. The molecule has 1 aromatic carbocycles. The van der Waals surface area contributed by atoms with Crippen LogP contribution in [0, 0.1) is 0 Å². The molecule has 0 unspecified atom stereocenters. The van der Waals surface area contributed by atoms with Crippen LogP contribution in [0.5, 0.6) is 11.5 Å². The Labute approximate surface area is 174 Å². The molecular formula is C22H24N4O4. The molecule has 3 heterocycles. The van der Waals surface area contributed by atoms with Crippen LogP contribution in [0.4, 0.5) is 5.82 Å². The van der Waals surface area contributed by atoms with Crippen LogP contribution in [0.2, 0.25) is 0 Å². The van der Waals surface area contributed by atoms with Gasteiger partial charge >= 0.3 is 0 Å². The maximum Gasteiger partial charge on any atom is 0.247 e. The highest BCUT2D eigenvalue weighted by Crippen LogP contribution is 2.31. The van der Waals surface area contributed by atoms with Gasteiger partial charge in [0.25, 0.3) is 0 Å². The second-order valence-corrected chi connectivity index (χ2v) is 7.40. The lowest BCUT2D eigenvalue weighted by Gasteiger charge is -2.19. The van der Waals surface area contributed by atoms with Gasteiger partial charge in [-0.2, -0.15) is 0 Å². The SMILES string of the molecule is CNC(=O)C(=Cc1cnc2c(c1)CN(C)CC(=O)N2)Cc1ccc2c(c1)OCCO2. The molecule has 2 amide bonds. The van der Waals surface area contributed by atoms with Gasteiger partial charge in [-0.15, -0.1) is 0 Å². The van der Waals surface area contributed by atoms with Gasteiger partial charge in [0.2, 0.25) is 11.8 Å². The lowest BCUT2D eigenvalue weighted by Crippen LogP contribution is -2.26. The van der Waals surface area contributed by atoms with E-state index in [-0.39, 0.29) is 11.8 Å². The average molecular weight is 408 g/mol. The summed E-state index contributed by atoms with van der Waals surface area (Å²) in [6.07, 6.45) is 3.93. The zero-order valence-electron chi connectivity index (χ0n) is 17.0. The normalized spacial score (nSPS) is 16.3. The highest BCUT2D eigenvalue weighted by atomic mass is 16.6. The van der Waals surface area contributed by atoms with Gasteiger partial charge in [-0.1, -0.05) is 6.07 Å². The molecule has 1 aromatic heterocycles. The standard InChI is InChI=1S/C22H24N4O4/c1-23-22(28)16(7-14-3-4-18-19(10-14)30-6-5-29-18)8-15-9-17-12-26(2)13-20(27)25-21(17)24-11-15/h3-4,8-11H,5-7,12-13H2,1-2H3,(H,23,28)(H,24,25,27). The van der Waals surface area contributed by atoms with Gasteiger partial charge in [0.1, 0.15) is 19.0 Å². The first-order valence-electron chi connectivity index (χ1n) is 9.80. The molecule has 0 atom stereocenters. The van der Waals surface area contributed by atoms with Crippen LogP contribution in [0.3, 0.4) is 0 Å². The van der Waals surface area contributed by atoms with Crippen LogP contribution in [0.1, 0.15) is 16.7 Å². The first-order chi connectivity index (χ1) is 14.5. The molecule has 4 rings (SSSR count). The van der Waals surface area contributed by atoms with Crippen molar-refractivity contribution in [3.8, 4) is 11.5 Å². The smallest absolute Gasteiger partial charge is 0.247 e. The van der Waals surface area contributed by atoms with Gasteiger partial charge < -0.3 is 20.1 Å². The van der Waals surface area contributed by atoms with E-state index in [4.69, 9.17) is 9.47 Å². The first kappa shape index (κ1) is 19.9. The molecule has 2 aromatic rings. The number of fused-ring (bicyclic) bond motifs is 2. The first-order valence-corrected chi connectivity index (χ1v) is 9.80. The van der Waals surface area contributed by atoms with E-state index in [1.165, 1.54) is 0 Å². The van der Waals surface area contributed by atoms with Gasteiger partial charge in [-0.25, -0.2) is 4.98 Å². The Bertz CT molecular complexity index is 1020. The van der Waals surface area contributed by atoms with Crippen molar-refractivity contribution in [2.24, 2.45) is 0 Å². The van der Waals surface area contributed by atoms with E-state index in [0.29, 0.717) is 49.9 Å². The molecule has 0 fully saturated rings. The second kappa shape index (κ2) is 8.54. The van der Waals surface area contributed by atoms with Crippen LogP contribution in [-0.4, -0.2) is 55.6 Å². The number of carbonyl (C=O) groups is 2. The molecule has 2 aliphatic heterocycles. The van der Waals surface area contributed by atoms with E-state index >= 15 is 0 Å². The summed E-state index contributed by atoms with van der Waals surface area (Å²) in [5, 5.41) is 5.52. The molecule has 8 nitrogen and oxygen atoms in total. The number of benzene rings is 1. The highest BCUT2D eigenvalue weighted by Gasteiger charge is 2.18. The maximum absolute atomic E-state index is 12.5. The molecule has 0 saturated carbocycles. The molecule has 2 aliphatic rings. The minimum absolute atomic E-state index is 0.0864. The van der Waals surface area contributed by atoms with Gasteiger partial charge in [-0.3, -0.25) is 14.5 Å². The van der Waals surface area contributed by atoms with Crippen molar-refractivity contribution < 1.29 is 19.1 Å². The number of nitrogens with zero attached hydrogens (tertiary/aromatic N) is 2. The lowest BCUT2D eigenvalue weighted by molar-refractivity contribution is -0.117. The Hall–Kier alpha value is -3.39. The van der Waals surface area contributed by atoms with E-state index in [9.17, 15) is 9.59 Å². The summed E-state index contributed by atoms with van der Waals surface area (Å²) in [4.78, 5) is 30.7. The van der Waals surface area contributed by atoms with E-state index < -0.39 is 0 Å². The molecule has 156 valence electrons.